The first kappa shape index (κ1) is 20.2. The summed E-state index contributed by atoms with van der Waals surface area (Å²) >= 11 is 0. The molecule has 0 aromatic heterocycles. The average molecular weight is 372 g/mol. The number of sulfonamides is 1. The number of benzene rings is 2. The largest absolute Gasteiger partial charge is 0.380 e. The molecule has 1 unspecified atom stereocenters. The molecule has 0 aliphatic carbocycles. The van der Waals surface area contributed by atoms with E-state index in [2.05, 4.69) is 16.6 Å². The highest BCUT2D eigenvalue weighted by Gasteiger charge is 2.12. The van der Waals surface area contributed by atoms with Gasteiger partial charge in [-0.2, -0.15) is 0 Å². The van der Waals surface area contributed by atoms with Gasteiger partial charge in [0.25, 0.3) is 0 Å². The van der Waals surface area contributed by atoms with Crippen LogP contribution in [0.15, 0.2) is 59.5 Å². The average Bonchev–Trinajstić information content (AvgIpc) is 2.64. The van der Waals surface area contributed by atoms with Crippen LogP contribution in [0.5, 0.6) is 0 Å². The van der Waals surface area contributed by atoms with Crippen molar-refractivity contribution in [3.63, 3.8) is 0 Å². The standard InChI is InChI=1S/C21H25NO3S/c1-18-11-15-21(16-12-18)26(24,25)22-17-7-3-6-10-20(23)14-13-19-8-4-2-5-9-19/h2,4-5,8-9,11-12,15-16,20,22-23H,3,7,13-14,17H2,1H3. The molecule has 0 spiro atoms. The minimum atomic E-state index is -3.47. The van der Waals surface area contributed by atoms with E-state index in [9.17, 15) is 13.5 Å². The summed E-state index contributed by atoms with van der Waals surface area (Å²) in [6.45, 7) is 2.24. The molecule has 0 saturated carbocycles. The molecule has 2 aromatic rings. The molecule has 4 nitrogen and oxygen atoms in total. The van der Waals surface area contributed by atoms with Crippen molar-refractivity contribution >= 4 is 10.0 Å². The van der Waals surface area contributed by atoms with Crippen molar-refractivity contribution in [2.45, 2.75) is 43.6 Å². The van der Waals surface area contributed by atoms with Gasteiger partial charge >= 0.3 is 0 Å². The van der Waals surface area contributed by atoms with E-state index in [1.54, 1.807) is 24.3 Å². The Bertz CT molecular complexity index is 834. The normalized spacial score (nSPS) is 12.2. The quantitative estimate of drug-likeness (QED) is 0.554. The fourth-order valence-corrected chi connectivity index (χ4v) is 3.47. The van der Waals surface area contributed by atoms with Crippen LogP contribution in [-0.4, -0.2) is 26.2 Å². The lowest BCUT2D eigenvalue weighted by Gasteiger charge is -2.06. The second-order valence-electron chi connectivity index (χ2n) is 6.18. The van der Waals surface area contributed by atoms with E-state index in [0.29, 0.717) is 25.8 Å². The minimum Gasteiger partial charge on any atom is -0.380 e. The van der Waals surface area contributed by atoms with Gasteiger partial charge in [-0.25, -0.2) is 13.1 Å². The van der Waals surface area contributed by atoms with E-state index in [0.717, 1.165) is 12.0 Å². The zero-order valence-corrected chi connectivity index (χ0v) is 15.8. The van der Waals surface area contributed by atoms with Crippen molar-refractivity contribution in [2.75, 3.05) is 6.54 Å². The van der Waals surface area contributed by atoms with Crippen LogP contribution in [0.4, 0.5) is 0 Å². The van der Waals surface area contributed by atoms with Crippen molar-refractivity contribution in [1.82, 2.24) is 4.72 Å². The summed E-state index contributed by atoms with van der Waals surface area (Å²) in [5, 5.41) is 9.88. The van der Waals surface area contributed by atoms with Crippen LogP contribution >= 0.6 is 0 Å². The molecular weight excluding hydrogens is 346 g/mol. The van der Waals surface area contributed by atoms with Crippen LogP contribution in [-0.2, 0) is 16.4 Å². The summed E-state index contributed by atoms with van der Waals surface area (Å²) in [6, 6.07) is 16.7. The summed E-state index contributed by atoms with van der Waals surface area (Å²) in [5.41, 5.74) is 2.20. The van der Waals surface area contributed by atoms with Gasteiger partial charge in [0.05, 0.1) is 4.90 Å². The van der Waals surface area contributed by atoms with Crippen molar-refractivity contribution < 1.29 is 13.5 Å². The lowest BCUT2D eigenvalue weighted by atomic mass is 10.1. The first-order chi connectivity index (χ1) is 12.5. The fraction of sp³-hybridized carbons (Fsp3) is 0.333. The Labute approximate surface area is 156 Å². The Morgan fingerprint density at radius 1 is 1.08 bits per heavy atom. The Balaban J connectivity index is 1.67. The van der Waals surface area contributed by atoms with Crippen molar-refractivity contribution in [1.29, 1.82) is 0 Å². The molecule has 0 aliphatic rings. The number of aliphatic hydroxyl groups is 1. The third kappa shape index (κ3) is 7.01. The summed E-state index contributed by atoms with van der Waals surface area (Å²) in [4.78, 5) is 0.269. The van der Waals surface area contributed by atoms with E-state index in [1.807, 2.05) is 37.3 Å². The molecule has 26 heavy (non-hydrogen) atoms. The molecular formula is C21H25NO3S. The Kier molecular flexibility index (Phi) is 7.86. The topological polar surface area (TPSA) is 66.4 Å². The highest BCUT2D eigenvalue weighted by Crippen LogP contribution is 2.09. The Morgan fingerprint density at radius 3 is 2.46 bits per heavy atom. The van der Waals surface area contributed by atoms with Crippen LogP contribution < -0.4 is 4.72 Å². The zero-order valence-electron chi connectivity index (χ0n) is 15.0. The summed E-state index contributed by atoms with van der Waals surface area (Å²) in [5.74, 6) is 5.74. The van der Waals surface area contributed by atoms with Crippen LogP contribution in [0.1, 0.15) is 30.4 Å². The number of nitrogens with one attached hydrogen (secondary N) is 1. The first-order valence-electron chi connectivity index (χ1n) is 8.74. The number of hydrogen-bond acceptors (Lipinski definition) is 3. The number of aliphatic hydroxyl groups excluding tert-OH is 1. The van der Waals surface area contributed by atoms with Crippen LogP contribution in [0.25, 0.3) is 0 Å². The van der Waals surface area contributed by atoms with Gasteiger partial charge in [-0.1, -0.05) is 53.9 Å². The van der Waals surface area contributed by atoms with Crippen molar-refractivity contribution in [2.24, 2.45) is 0 Å². The van der Waals surface area contributed by atoms with Gasteiger partial charge < -0.3 is 5.11 Å². The molecule has 0 fully saturated rings. The summed E-state index contributed by atoms with van der Waals surface area (Å²) < 4.78 is 26.8. The summed E-state index contributed by atoms with van der Waals surface area (Å²) in [7, 11) is -3.47. The fourth-order valence-electron chi connectivity index (χ4n) is 2.39. The first-order valence-corrected chi connectivity index (χ1v) is 10.2. The van der Waals surface area contributed by atoms with E-state index < -0.39 is 16.1 Å². The lowest BCUT2D eigenvalue weighted by molar-refractivity contribution is 0.222. The lowest BCUT2D eigenvalue weighted by Crippen LogP contribution is -2.24. The predicted molar refractivity (Wildman–Crippen MR) is 104 cm³/mol. The highest BCUT2D eigenvalue weighted by atomic mass is 32.2. The van der Waals surface area contributed by atoms with Gasteiger partial charge in [0.2, 0.25) is 10.0 Å². The zero-order chi connectivity index (χ0) is 18.8. The minimum absolute atomic E-state index is 0.269. The maximum absolute atomic E-state index is 12.1. The molecule has 2 aromatic carbocycles. The number of hydrogen-bond donors (Lipinski definition) is 2. The van der Waals surface area contributed by atoms with Crippen LogP contribution in [0.3, 0.4) is 0 Å². The molecule has 1 atom stereocenters. The van der Waals surface area contributed by atoms with Gasteiger partial charge in [-0.15, -0.1) is 5.92 Å². The number of unbranched alkanes of at least 4 members (excludes halogenated alkanes) is 1. The van der Waals surface area contributed by atoms with Crippen molar-refractivity contribution in [3.05, 3.63) is 65.7 Å². The van der Waals surface area contributed by atoms with E-state index >= 15 is 0 Å². The molecule has 0 aliphatic heterocycles. The molecule has 0 bridgehead atoms. The van der Waals surface area contributed by atoms with Crippen LogP contribution in [0.2, 0.25) is 0 Å². The molecule has 5 heteroatoms. The van der Waals surface area contributed by atoms with Gasteiger partial charge in [0.15, 0.2) is 0 Å². The Morgan fingerprint density at radius 2 is 1.77 bits per heavy atom. The predicted octanol–water partition coefficient (Wildman–Crippen LogP) is 3.05. The maximum atomic E-state index is 12.1. The molecule has 0 heterocycles. The molecule has 0 amide bonds. The van der Waals surface area contributed by atoms with Gasteiger partial charge in [0, 0.05) is 13.0 Å². The van der Waals surface area contributed by atoms with E-state index in [-0.39, 0.29) is 4.90 Å². The third-order valence-electron chi connectivity index (χ3n) is 3.92. The maximum Gasteiger partial charge on any atom is 0.240 e. The number of aryl methyl sites for hydroxylation is 2. The smallest absolute Gasteiger partial charge is 0.240 e. The third-order valence-corrected chi connectivity index (χ3v) is 5.40. The van der Waals surface area contributed by atoms with Gasteiger partial charge in [0.1, 0.15) is 6.10 Å². The molecule has 2 rings (SSSR count). The number of rotatable bonds is 8. The second-order valence-corrected chi connectivity index (χ2v) is 7.94. The second kappa shape index (κ2) is 10.1. The molecule has 0 saturated heterocycles. The van der Waals surface area contributed by atoms with Crippen LogP contribution in [0, 0.1) is 18.8 Å². The molecule has 0 radical (unpaired) electrons. The highest BCUT2D eigenvalue weighted by molar-refractivity contribution is 7.89. The van der Waals surface area contributed by atoms with Crippen molar-refractivity contribution in [3.8, 4) is 11.8 Å². The van der Waals surface area contributed by atoms with E-state index in [4.69, 9.17) is 0 Å². The molecule has 2 N–H and O–H groups in total. The van der Waals surface area contributed by atoms with E-state index in [1.165, 1.54) is 5.56 Å². The molecule has 138 valence electrons. The SMILES string of the molecule is Cc1ccc(S(=O)(=O)NCCCC#CC(O)CCc2ccccc2)cc1. The Hall–Kier alpha value is -2.13. The monoisotopic (exact) mass is 371 g/mol. The summed E-state index contributed by atoms with van der Waals surface area (Å²) in [6.07, 6.45) is 1.87. The van der Waals surface area contributed by atoms with Gasteiger partial charge in [-0.05, 0) is 43.9 Å². The van der Waals surface area contributed by atoms with Gasteiger partial charge in [-0.3, -0.25) is 0 Å².